The molecule has 0 aromatic heterocycles. The molecule has 6 rings (SSSR count). The first-order valence-corrected chi connectivity index (χ1v) is 13.0. The number of likely N-dealkylation sites (tertiary alicyclic amines) is 1. The number of nitrogens with one attached hydrogen (secondary N) is 1. The van der Waals surface area contributed by atoms with Gasteiger partial charge in [0.1, 0.15) is 17.4 Å². The molecule has 2 fully saturated rings. The van der Waals surface area contributed by atoms with Gasteiger partial charge in [0.2, 0.25) is 5.91 Å². The van der Waals surface area contributed by atoms with Gasteiger partial charge in [-0.3, -0.25) is 14.5 Å². The van der Waals surface area contributed by atoms with Crippen LogP contribution in [0.4, 0.5) is 0 Å². The number of ether oxygens (including phenoxy) is 3. The first-order chi connectivity index (χ1) is 18.0. The number of hydrogen-bond donors (Lipinski definition) is 1. The van der Waals surface area contributed by atoms with E-state index < -0.39 is 17.6 Å². The van der Waals surface area contributed by atoms with Gasteiger partial charge in [0, 0.05) is 43.0 Å². The number of amides is 1. The summed E-state index contributed by atoms with van der Waals surface area (Å²) < 4.78 is 17.5. The molecule has 192 valence electrons. The Morgan fingerprint density at radius 2 is 2.00 bits per heavy atom. The first kappa shape index (κ1) is 23.8. The second-order valence-electron chi connectivity index (χ2n) is 10.2. The molecule has 5 atom stereocenters. The van der Waals surface area contributed by atoms with Gasteiger partial charge in [0.25, 0.3) is 0 Å². The minimum atomic E-state index is -0.944. The SMILES string of the molecule is CCOC(=O)C1C(=O)NC23CCN([C@H](C)c4cccc5ccccc45)CC2C1c1cc(OC)ccc1O3. The Bertz CT molecular complexity index is 1370. The molecule has 3 aliphatic heterocycles. The van der Waals surface area contributed by atoms with Crippen LogP contribution in [0.2, 0.25) is 0 Å². The van der Waals surface area contributed by atoms with E-state index in [4.69, 9.17) is 14.2 Å². The van der Waals surface area contributed by atoms with E-state index in [0.717, 1.165) is 12.1 Å². The van der Waals surface area contributed by atoms with Crippen LogP contribution in [0.3, 0.4) is 0 Å². The number of carbonyl (C=O) groups excluding carboxylic acids is 2. The van der Waals surface area contributed by atoms with Gasteiger partial charge in [-0.2, -0.15) is 0 Å². The summed E-state index contributed by atoms with van der Waals surface area (Å²) in [6.07, 6.45) is 0.621. The summed E-state index contributed by atoms with van der Waals surface area (Å²) in [7, 11) is 1.61. The standard InChI is InChI=1S/C30H32N2O5/c1-4-36-29(34)27-26-23-16-20(35-3)12-13-25(23)37-30(31-28(27)33)14-15-32(17-24(26)30)18(2)21-11-7-9-19-8-5-6-10-22(19)21/h5-13,16,18,24,26-27H,4,14-15,17H2,1-3H3,(H,31,33)/t18-,24?,26?,27?,30?/m1/s1. The van der Waals surface area contributed by atoms with Crippen LogP contribution in [0.5, 0.6) is 11.5 Å². The fourth-order valence-electron chi connectivity index (χ4n) is 6.63. The van der Waals surface area contributed by atoms with Crippen molar-refractivity contribution in [3.8, 4) is 11.5 Å². The van der Waals surface area contributed by atoms with Gasteiger partial charge in [-0.25, -0.2) is 0 Å². The summed E-state index contributed by atoms with van der Waals surface area (Å²) in [6.45, 7) is 5.64. The highest BCUT2D eigenvalue weighted by Crippen LogP contribution is 2.55. The Kier molecular flexibility index (Phi) is 5.83. The predicted octanol–water partition coefficient (Wildman–Crippen LogP) is 4.41. The quantitative estimate of drug-likeness (QED) is 0.413. The summed E-state index contributed by atoms with van der Waals surface area (Å²) in [5, 5.41) is 5.59. The number of benzene rings is 3. The molecule has 4 unspecified atom stereocenters. The number of carbonyl (C=O) groups is 2. The van der Waals surface area contributed by atoms with Crippen LogP contribution in [0.15, 0.2) is 60.7 Å². The van der Waals surface area contributed by atoms with E-state index in [2.05, 4.69) is 59.6 Å². The molecule has 3 heterocycles. The maximum atomic E-state index is 13.4. The lowest BCUT2D eigenvalue weighted by atomic mass is 9.64. The lowest BCUT2D eigenvalue weighted by molar-refractivity contribution is -0.176. The zero-order valence-electron chi connectivity index (χ0n) is 21.4. The van der Waals surface area contributed by atoms with Crippen molar-refractivity contribution in [3.05, 3.63) is 71.8 Å². The van der Waals surface area contributed by atoms with Crippen LogP contribution in [-0.4, -0.2) is 49.3 Å². The van der Waals surface area contributed by atoms with E-state index in [-0.39, 0.29) is 30.4 Å². The van der Waals surface area contributed by atoms with Crippen LogP contribution in [0, 0.1) is 11.8 Å². The van der Waals surface area contributed by atoms with Crippen molar-refractivity contribution >= 4 is 22.6 Å². The normalized spacial score (nSPS) is 27.3. The highest BCUT2D eigenvalue weighted by atomic mass is 16.5. The number of piperidine rings is 2. The van der Waals surface area contributed by atoms with Gasteiger partial charge >= 0.3 is 5.97 Å². The lowest BCUT2D eigenvalue weighted by Crippen LogP contribution is -2.73. The lowest BCUT2D eigenvalue weighted by Gasteiger charge is -2.58. The summed E-state index contributed by atoms with van der Waals surface area (Å²) in [5.74, 6) is -0.926. The van der Waals surface area contributed by atoms with Gasteiger partial charge in [-0.1, -0.05) is 42.5 Å². The van der Waals surface area contributed by atoms with E-state index in [9.17, 15) is 9.59 Å². The molecule has 37 heavy (non-hydrogen) atoms. The van der Waals surface area contributed by atoms with Crippen molar-refractivity contribution in [1.29, 1.82) is 0 Å². The van der Waals surface area contributed by atoms with E-state index in [1.807, 2.05) is 18.2 Å². The predicted molar refractivity (Wildman–Crippen MR) is 139 cm³/mol. The Balaban J connectivity index is 1.41. The Labute approximate surface area is 216 Å². The van der Waals surface area contributed by atoms with E-state index in [0.29, 0.717) is 24.5 Å². The van der Waals surface area contributed by atoms with Gasteiger partial charge in [0.15, 0.2) is 5.72 Å². The number of fused-ring (bicyclic) bond motifs is 3. The third-order valence-corrected chi connectivity index (χ3v) is 8.44. The molecule has 7 nitrogen and oxygen atoms in total. The van der Waals surface area contributed by atoms with Crippen molar-refractivity contribution in [2.24, 2.45) is 11.8 Å². The molecular weight excluding hydrogens is 468 g/mol. The molecule has 0 radical (unpaired) electrons. The largest absolute Gasteiger partial charge is 0.497 e. The highest BCUT2D eigenvalue weighted by Gasteiger charge is 2.62. The smallest absolute Gasteiger partial charge is 0.319 e. The molecule has 0 spiro atoms. The van der Waals surface area contributed by atoms with Crippen LogP contribution in [-0.2, 0) is 14.3 Å². The van der Waals surface area contributed by atoms with E-state index >= 15 is 0 Å². The van der Waals surface area contributed by atoms with Crippen molar-refractivity contribution < 1.29 is 23.8 Å². The number of methoxy groups -OCH3 is 1. The molecular formula is C30H32N2O5. The highest BCUT2D eigenvalue weighted by molar-refractivity contribution is 6.00. The first-order valence-electron chi connectivity index (χ1n) is 13.0. The Morgan fingerprint density at radius 1 is 1.19 bits per heavy atom. The molecule has 0 saturated carbocycles. The minimum absolute atomic E-state index is 0.134. The third-order valence-electron chi connectivity index (χ3n) is 8.44. The Morgan fingerprint density at radius 3 is 2.81 bits per heavy atom. The van der Waals surface area contributed by atoms with Gasteiger partial charge in [-0.05, 0) is 48.4 Å². The third kappa shape index (κ3) is 3.75. The monoisotopic (exact) mass is 500 g/mol. The minimum Gasteiger partial charge on any atom is -0.497 e. The molecule has 7 heteroatoms. The van der Waals surface area contributed by atoms with Gasteiger partial charge < -0.3 is 19.5 Å². The average molecular weight is 501 g/mol. The molecule has 3 aromatic rings. The van der Waals surface area contributed by atoms with Gasteiger partial charge in [0.05, 0.1) is 13.7 Å². The van der Waals surface area contributed by atoms with Crippen LogP contribution < -0.4 is 14.8 Å². The van der Waals surface area contributed by atoms with Crippen molar-refractivity contribution in [3.63, 3.8) is 0 Å². The fraction of sp³-hybridized carbons (Fsp3) is 0.400. The second-order valence-corrected chi connectivity index (χ2v) is 10.2. The molecule has 3 aliphatic rings. The zero-order chi connectivity index (χ0) is 25.7. The number of nitrogens with zero attached hydrogens (tertiary/aromatic N) is 1. The summed E-state index contributed by atoms with van der Waals surface area (Å²) in [6, 6.07) is 20.7. The summed E-state index contributed by atoms with van der Waals surface area (Å²) in [5.41, 5.74) is 1.23. The van der Waals surface area contributed by atoms with Gasteiger partial charge in [-0.15, -0.1) is 0 Å². The Hall–Kier alpha value is -3.58. The second kappa shape index (κ2) is 9.06. The maximum Gasteiger partial charge on any atom is 0.319 e. The average Bonchev–Trinajstić information content (AvgIpc) is 2.91. The topological polar surface area (TPSA) is 77.1 Å². The molecule has 1 amide bonds. The number of hydrogen-bond acceptors (Lipinski definition) is 6. The summed E-state index contributed by atoms with van der Waals surface area (Å²) >= 11 is 0. The molecule has 2 bridgehead atoms. The number of rotatable bonds is 5. The molecule has 2 saturated heterocycles. The summed E-state index contributed by atoms with van der Waals surface area (Å²) in [4.78, 5) is 29.0. The van der Waals surface area contributed by atoms with E-state index in [1.54, 1.807) is 14.0 Å². The van der Waals surface area contributed by atoms with Crippen molar-refractivity contribution in [2.45, 2.75) is 38.0 Å². The molecule has 3 aromatic carbocycles. The molecule has 0 aliphatic carbocycles. The van der Waals surface area contributed by atoms with E-state index in [1.165, 1.54) is 16.3 Å². The molecule has 1 N–H and O–H groups in total. The van der Waals surface area contributed by atoms with Crippen LogP contribution >= 0.6 is 0 Å². The fourth-order valence-corrected chi connectivity index (χ4v) is 6.63. The maximum absolute atomic E-state index is 13.4. The van der Waals surface area contributed by atoms with Crippen LogP contribution in [0.25, 0.3) is 10.8 Å². The van der Waals surface area contributed by atoms with Crippen molar-refractivity contribution in [2.75, 3.05) is 26.8 Å². The van der Waals surface area contributed by atoms with Crippen molar-refractivity contribution in [1.82, 2.24) is 10.2 Å². The number of esters is 1. The van der Waals surface area contributed by atoms with Crippen LogP contribution in [0.1, 0.15) is 43.4 Å². The zero-order valence-corrected chi connectivity index (χ0v) is 21.4.